The Morgan fingerprint density at radius 1 is 1.09 bits per heavy atom. The number of allylic oxidation sites excluding steroid dienone is 1. The van der Waals surface area contributed by atoms with Gasteiger partial charge >= 0.3 is 0 Å². The SMILES string of the molecule is CN(C)C(=O)COc1ccc(C(=O)/C=C/c2cc3ccccc3nc2N2CCOCC2)cc1. The first kappa shape index (κ1) is 22.5. The number of hydrogen-bond acceptors (Lipinski definition) is 6. The number of pyridine rings is 1. The van der Waals surface area contributed by atoms with Crippen LogP contribution >= 0.6 is 0 Å². The summed E-state index contributed by atoms with van der Waals surface area (Å²) in [6, 6.07) is 16.8. The fraction of sp³-hybridized carbons (Fsp3) is 0.269. The van der Waals surface area contributed by atoms with Crippen molar-refractivity contribution in [1.82, 2.24) is 9.88 Å². The van der Waals surface area contributed by atoms with Gasteiger partial charge in [-0.1, -0.05) is 18.2 Å². The minimum absolute atomic E-state index is 0.0422. The lowest BCUT2D eigenvalue weighted by atomic mass is 10.1. The number of nitrogens with zero attached hydrogens (tertiary/aromatic N) is 3. The Balaban J connectivity index is 1.52. The van der Waals surface area contributed by atoms with Crippen molar-refractivity contribution < 1.29 is 19.1 Å². The fourth-order valence-corrected chi connectivity index (χ4v) is 3.52. The molecule has 7 heteroatoms. The molecule has 2 aromatic carbocycles. The van der Waals surface area contributed by atoms with Crippen molar-refractivity contribution in [1.29, 1.82) is 0 Å². The molecule has 1 fully saturated rings. The van der Waals surface area contributed by atoms with E-state index >= 15 is 0 Å². The van der Waals surface area contributed by atoms with Gasteiger partial charge < -0.3 is 19.3 Å². The third-order valence-electron chi connectivity index (χ3n) is 5.46. The molecule has 0 spiro atoms. The quantitative estimate of drug-likeness (QED) is 0.410. The Bertz CT molecular complexity index is 1170. The highest BCUT2D eigenvalue weighted by molar-refractivity contribution is 6.07. The third-order valence-corrected chi connectivity index (χ3v) is 5.46. The van der Waals surface area contributed by atoms with Crippen LogP contribution in [0.4, 0.5) is 5.82 Å². The van der Waals surface area contributed by atoms with E-state index in [9.17, 15) is 9.59 Å². The molecule has 0 aliphatic carbocycles. The van der Waals surface area contributed by atoms with Gasteiger partial charge in [-0.15, -0.1) is 0 Å². The van der Waals surface area contributed by atoms with Crippen LogP contribution in [-0.2, 0) is 9.53 Å². The highest BCUT2D eigenvalue weighted by atomic mass is 16.5. The van der Waals surface area contributed by atoms with E-state index < -0.39 is 0 Å². The Hall–Kier alpha value is -3.71. The number of likely N-dealkylation sites (N-methyl/N-ethyl adjacent to an activating group) is 1. The minimum atomic E-state index is -0.127. The molecule has 3 aromatic rings. The zero-order chi connectivity index (χ0) is 23.2. The van der Waals surface area contributed by atoms with Crippen LogP contribution in [0.15, 0.2) is 60.7 Å². The van der Waals surface area contributed by atoms with Crippen LogP contribution in [0.2, 0.25) is 0 Å². The van der Waals surface area contributed by atoms with Gasteiger partial charge in [-0.2, -0.15) is 0 Å². The van der Waals surface area contributed by atoms with Crippen molar-refractivity contribution in [3.63, 3.8) is 0 Å². The Morgan fingerprint density at radius 2 is 1.82 bits per heavy atom. The largest absolute Gasteiger partial charge is 0.484 e. The molecule has 1 aliphatic heterocycles. The number of fused-ring (bicyclic) bond motifs is 1. The highest BCUT2D eigenvalue weighted by Gasteiger charge is 2.16. The first-order valence-electron chi connectivity index (χ1n) is 10.9. The average molecular weight is 446 g/mol. The minimum Gasteiger partial charge on any atom is -0.484 e. The topological polar surface area (TPSA) is 72.0 Å². The monoisotopic (exact) mass is 445 g/mol. The molecule has 33 heavy (non-hydrogen) atoms. The zero-order valence-corrected chi connectivity index (χ0v) is 18.9. The summed E-state index contributed by atoms with van der Waals surface area (Å²) in [4.78, 5) is 33.0. The number of ketones is 1. The maximum absolute atomic E-state index is 12.8. The van der Waals surface area contributed by atoms with Gasteiger partial charge in [0, 0.05) is 43.7 Å². The summed E-state index contributed by atoms with van der Waals surface area (Å²) in [6.07, 6.45) is 3.40. The molecule has 0 radical (unpaired) electrons. The average Bonchev–Trinajstić information content (AvgIpc) is 2.86. The van der Waals surface area contributed by atoms with E-state index in [2.05, 4.69) is 11.0 Å². The van der Waals surface area contributed by atoms with E-state index in [0.29, 0.717) is 24.5 Å². The van der Waals surface area contributed by atoms with Crippen molar-refractivity contribution in [2.24, 2.45) is 0 Å². The number of anilines is 1. The molecule has 1 saturated heterocycles. The number of amides is 1. The van der Waals surface area contributed by atoms with Crippen molar-refractivity contribution in [2.75, 3.05) is 51.9 Å². The van der Waals surface area contributed by atoms with Crippen molar-refractivity contribution in [3.8, 4) is 5.75 Å². The number of hydrogen-bond donors (Lipinski definition) is 0. The predicted molar refractivity (Wildman–Crippen MR) is 129 cm³/mol. The van der Waals surface area contributed by atoms with Gasteiger partial charge in [0.2, 0.25) is 0 Å². The smallest absolute Gasteiger partial charge is 0.259 e. The molecule has 1 aliphatic rings. The summed E-state index contributed by atoms with van der Waals surface area (Å²) in [5, 5.41) is 1.02. The molecule has 0 unspecified atom stereocenters. The van der Waals surface area contributed by atoms with Gasteiger partial charge in [-0.05, 0) is 48.6 Å². The van der Waals surface area contributed by atoms with E-state index in [4.69, 9.17) is 14.5 Å². The third kappa shape index (κ3) is 5.56. The van der Waals surface area contributed by atoms with Gasteiger partial charge in [0.1, 0.15) is 11.6 Å². The van der Waals surface area contributed by atoms with Crippen LogP contribution in [0.1, 0.15) is 15.9 Å². The summed E-state index contributed by atoms with van der Waals surface area (Å²) in [5.74, 6) is 1.15. The number of aromatic nitrogens is 1. The molecule has 7 nitrogen and oxygen atoms in total. The Labute approximate surface area is 193 Å². The fourth-order valence-electron chi connectivity index (χ4n) is 3.52. The predicted octanol–water partition coefficient (Wildman–Crippen LogP) is 3.43. The second-order valence-corrected chi connectivity index (χ2v) is 7.99. The summed E-state index contributed by atoms with van der Waals surface area (Å²) in [6.45, 7) is 2.80. The molecule has 170 valence electrons. The van der Waals surface area contributed by atoms with E-state index in [1.54, 1.807) is 44.4 Å². The van der Waals surface area contributed by atoms with Crippen LogP contribution in [0.25, 0.3) is 17.0 Å². The van der Waals surface area contributed by atoms with E-state index in [1.165, 1.54) is 4.90 Å². The van der Waals surface area contributed by atoms with Gasteiger partial charge in [-0.25, -0.2) is 4.98 Å². The summed E-state index contributed by atoms with van der Waals surface area (Å²) in [5.41, 5.74) is 2.36. The lowest BCUT2D eigenvalue weighted by Gasteiger charge is -2.29. The van der Waals surface area contributed by atoms with Gasteiger partial charge in [0.05, 0.1) is 18.7 Å². The zero-order valence-electron chi connectivity index (χ0n) is 18.9. The summed E-state index contributed by atoms with van der Waals surface area (Å²) < 4.78 is 11.0. The highest BCUT2D eigenvalue weighted by Crippen LogP contribution is 2.26. The van der Waals surface area contributed by atoms with Crippen LogP contribution in [0.3, 0.4) is 0 Å². The second kappa shape index (κ2) is 10.3. The summed E-state index contributed by atoms with van der Waals surface area (Å²) >= 11 is 0. The molecular formula is C26H27N3O4. The number of carbonyl (C=O) groups excluding carboxylic acids is 2. The van der Waals surface area contributed by atoms with Crippen LogP contribution in [-0.4, -0.2) is 68.6 Å². The second-order valence-electron chi connectivity index (χ2n) is 7.99. The van der Waals surface area contributed by atoms with Crippen molar-refractivity contribution in [3.05, 3.63) is 71.8 Å². The molecule has 2 heterocycles. The molecule has 4 rings (SSSR count). The molecule has 1 aromatic heterocycles. The van der Waals surface area contributed by atoms with Gasteiger partial charge in [0.15, 0.2) is 12.4 Å². The Kier molecular flexibility index (Phi) is 7.00. The Morgan fingerprint density at radius 3 is 2.55 bits per heavy atom. The van der Waals surface area contributed by atoms with Crippen LogP contribution in [0, 0.1) is 0 Å². The maximum Gasteiger partial charge on any atom is 0.259 e. The molecule has 1 amide bonds. The van der Waals surface area contributed by atoms with Gasteiger partial charge in [0.25, 0.3) is 5.91 Å². The standard InChI is InChI=1S/C26H27N3O4/c1-28(2)25(31)18-33-22-10-7-19(8-11-22)24(30)12-9-21-17-20-5-3-4-6-23(20)27-26(21)29-13-15-32-16-14-29/h3-12,17H,13-16,18H2,1-2H3/b12-9+. The number of ether oxygens (including phenoxy) is 2. The molecule has 0 atom stereocenters. The van der Waals surface area contributed by atoms with Gasteiger partial charge in [-0.3, -0.25) is 9.59 Å². The maximum atomic E-state index is 12.8. The number of carbonyl (C=O) groups is 2. The van der Waals surface area contributed by atoms with Crippen LogP contribution in [0.5, 0.6) is 5.75 Å². The lowest BCUT2D eigenvalue weighted by molar-refractivity contribution is -0.130. The molecular weight excluding hydrogens is 418 g/mol. The number of para-hydroxylation sites is 1. The van der Waals surface area contributed by atoms with E-state index in [-0.39, 0.29) is 18.3 Å². The normalized spacial score (nSPS) is 13.9. The van der Waals surface area contributed by atoms with Crippen LogP contribution < -0.4 is 9.64 Å². The van der Waals surface area contributed by atoms with E-state index in [1.807, 2.05) is 30.3 Å². The first-order valence-corrected chi connectivity index (χ1v) is 10.9. The van der Waals surface area contributed by atoms with E-state index in [0.717, 1.165) is 35.4 Å². The lowest BCUT2D eigenvalue weighted by Crippen LogP contribution is -2.37. The molecule has 0 bridgehead atoms. The molecule has 0 N–H and O–H groups in total. The number of morpholine rings is 1. The number of rotatable bonds is 7. The summed E-state index contributed by atoms with van der Waals surface area (Å²) in [7, 11) is 3.35. The molecule has 0 saturated carbocycles. The first-order chi connectivity index (χ1) is 16.0. The van der Waals surface area contributed by atoms with Crippen molar-refractivity contribution >= 4 is 34.5 Å². The van der Waals surface area contributed by atoms with Crippen molar-refractivity contribution in [2.45, 2.75) is 0 Å². The number of benzene rings is 2.